The van der Waals surface area contributed by atoms with Crippen molar-refractivity contribution in [1.29, 1.82) is 0 Å². The van der Waals surface area contributed by atoms with Crippen LogP contribution in [0.4, 0.5) is 0 Å². The van der Waals surface area contributed by atoms with Gasteiger partial charge in [-0.15, -0.1) is 0 Å². The van der Waals surface area contributed by atoms with Crippen LogP contribution in [0.15, 0.2) is 23.4 Å². The van der Waals surface area contributed by atoms with Crippen LogP contribution in [0.2, 0.25) is 0 Å². The molecular formula is C11H15N3OS. The maximum absolute atomic E-state index is 5.49. The van der Waals surface area contributed by atoms with Crippen LogP contribution in [0, 0.1) is 0 Å². The van der Waals surface area contributed by atoms with Gasteiger partial charge < -0.3 is 15.0 Å². The van der Waals surface area contributed by atoms with Crippen molar-refractivity contribution in [3.63, 3.8) is 0 Å². The van der Waals surface area contributed by atoms with E-state index < -0.39 is 0 Å². The van der Waals surface area contributed by atoms with E-state index in [2.05, 4.69) is 9.55 Å². The summed E-state index contributed by atoms with van der Waals surface area (Å²) in [5.41, 5.74) is 7.56. The number of hydrogen-bond acceptors (Lipinski definition) is 4. The summed E-state index contributed by atoms with van der Waals surface area (Å²) in [6.45, 7) is 0.664. The van der Waals surface area contributed by atoms with Crippen LogP contribution in [0.5, 0.6) is 5.75 Å². The zero-order valence-corrected chi connectivity index (χ0v) is 10.3. The van der Waals surface area contributed by atoms with E-state index in [1.54, 1.807) is 18.9 Å². The van der Waals surface area contributed by atoms with Gasteiger partial charge in [0.15, 0.2) is 5.16 Å². The average molecular weight is 237 g/mol. The van der Waals surface area contributed by atoms with Crippen molar-refractivity contribution in [2.45, 2.75) is 5.16 Å². The highest BCUT2D eigenvalue weighted by Gasteiger charge is 2.08. The molecule has 2 N–H and O–H groups in total. The SMILES string of the molecule is COc1ccc2c(c1)nc(SCCN)n2C. The predicted octanol–water partition coefficient (Wildman–Crippen LogP) is 1.63. The van der Waals surface area contributed by atoms with Crippen LogP contribution in [0.1, 0.15) is 0 Å². The lowest BCUT2D eigenvalue weighted by atomic mass is 10.3. The lowest BCUT2D eigenvalue weighted by Crippen LogP contribution is -2.02. The summed E-state index contributed by atoms with van der Waals surface area (Å²) in [5.74, 6) is 1.72. The van der Waals surface area contributed by atoms with Crippen LogP contribution in [-0.2, 0) is 7.05 Å². The number of methoxy groups -OCH3 is 1. The minimum atomic E-state index is 0.664. The van der Waals surface area contributed by atoms with E-state index >= 15 is 0 Å². The van der Waals surface area contributed by atoms with Crippen molar-refractivity contribution in [3.05, 3.63) is 18.2 Å². The van der Waals surface area contributed by atoms with Crippen LogP contribution < -0.4 is 10.5 Å². The lowest BCUT2D eigenvalue weighted by molar-refractivity contribution is 0.415. The minimum absolute atomic E-state index is 0.664. The molecule has 0 aliphatic rings. The Morgan fingerprint density at radius 3 is 3.00 bits per heavy atom. The van der Waals surface area contributed by atoms with Gasteiger partial charge in [-0.3, -0.25) is 0 Å². The number of imidazole rings is 1. The van der Waals surface area contributed by atoms with Gasteiger partial charge in [-0.2, -0.15) is 0 Å². The number of benzene rings is 1. The molecule has 0 atom stereocenters. The van der Waals surface area contributed by atoms with E-state index in [1.807, 2.05) is 25.2 Å². The molecule has 0 aliphatic heterocycles. The first kappa shape index (κ1) is 11.3. The first-order chi connectivity index (χ1) is 7.76. The molecule has 1 aromatic carbocycles. The van der Waals surface area contributed by atoms with E-state index in [9.17, 15) is 0 Å². The number of nitrogens with two attached hydrogens (primary N) is 1. The van der Waals surface area contributed by atoms with E-state index in [1.165, 1.54) is 0 Å². The fourth-order valence-electron chi connectivity index (χ4n) is 1.56. The first-order valence-corrected chi connectivity index (χ1v) is 6.08. The smallest absolute Gasteiger partial charge is 0.168 e. The van der Waals surface area contributed by atoms with Crippen LogP contribution in [-0.4, -0.2) is 29.0 Å². The Morgan fingerprint density at radius 1 is 1.50 bits per heavy atom. The van der Waals surface area contributed by atoms with Crippen molar-refractivity contribution < 1.29 is 4.74 Å². The zero-order valence-electron chi connectivity index (χ0n) is 9.43. The van der Waals surface area contributed by atoms with E-state index in [-0.39, 0.29) is 0 Å². The number of hydrogen-bond donors (Lipinski definition) is 1. The monoisotopic (exact) mass is 237 g/mol. The summed E-state index contributed by atoms with van der Waals surface area (Å²) in [6.07, 6.45) is 0. The van der Waals surface area contributed by atoms with Gasteiger partial charge in [0.25, 0.3) is 0 Å². The molecule has 0 bridgehead atoms. The Balaban J connectivity index is 2.41. The molecule has 0 fully saturated rings. The normalized spacial score (nSPS) is 10.9. The van der Waals surface area contributed by atoms with Crippen molar-refractivity contribution in [2.75, 3.05) is 19.4 Å². The molecule has 0 spiro atoms. The molecule has 0 radical (unpaired) electrons. The number of nitrogens with zero attached hydrogens (tertiary/aromatic N) is 2. The molecule has 4 nitrogen and oxygen atoms in total. The van der Waals surface area contributed by atoms with Gasteiger partial charge in [-0.05, 0) is 12.1 Å². The summed E-state index contributed by atoms with van der Waals surface area (Å²) in [7, 11) is 3.68. The lowest BCUT2D eigenvalue weighted by Gasteiger charge is -2.00. The molecule has 5 heteroatoms. The second-order valence-electron chi connectivity index (χ2n) is 3.45. The van der Waals surface area contributed by atoms with E-state index in [0.29, 0.717) is 6.54 Å². The van der Waals surface area contributed by atoms with E-state index in [0.717, 1.165) is 27.7 Å². The largest absolute Gasteiger partial charge is 0.497 e. The molecule has 16 heavy (non-hydrogen) atoms. The highest BCUT2D eigenvalue weighted by molar-refractivity contribution is 7.99. The Labute approximate surface area is 98.8 Å². The van der Waals surface area contributed by atoms with Crippen molar-refractivity contribution >= 4 is 22.8 Å². The highest BCUT2D eigenvalue weighted by Crippen LogP contribution is 2.25. The summed E-state index contributed by atoms with van der Waals surface area (Å²) < 4.78 is 7.25. The second-order valence-corrected chi connectivity index (χ2v) is 4.51. The fourth-order valence-corrected chi connectivity index (χ4v) is 2.32. The molecule has 2 rings (SSSR count). The topological polar surface area (TPSA) is 53.1 Å². The van der Waals surface area contributed by atoms with Gasteiger partial charge in [0.1, 0.15) is 5.75 Å². The van der Waals surface area contributed by atoms with Gasteiger partial charge in [0.2, 0.25) is 0 Å². The number of aromatic nitrogens is 2. The van der Waals surface area contributed by atoms with Gasteiger partial charge in [0, 0.05) is 25.4 Å². The van der Waals surface area contributed by atoms with Crippen LogP contribution >= 0.6 is 11.8 Å². The number of ether oxygens (including phenoxy) is 1. The third-order valence-corrected chi connectivity index (χ3v) is 3.46. The third-order valence-electron chi connectivity index (χ3n) is 2.40. The molecule has 0 amide bonds. The molecule has 0 aliphatic carbocycles. The minimum Gasteiger partial charge on any atom is -0.497 e. The van der Waals surface area contributed by atoms with Crippen LogP contribution in [0.3, 0.4) is 0 Å². The molecular weight excluding hydrogens is 222 g/mol. The number of thioether (sulfide) groups is 1. The molecule has 2 aromatic rings. The standard InChI is InChI=1S/C11H15N3OS/c1-14-10-4-3-8(15-2)7-9(10)13-11(14)16-6-5-12/h3-4,7H,5-6,12H2,1-2H3. The first-order valence-electron chi connectivity index (χ1n) is 5.09. The summed E-state index contributed by atoms with van der Waals surface area (Å²) in [4.78, 5) is 4.55. The maximum Gasteiger partial charge on any atom is 0.168 e. The van der Waals surface area contributed by atoms with Gasteiger partial charge in [-0.1, -0.05) is 11.8 Å². The third kappa shape index (κ3) is 2.01. The van der Waals surface area contributed by atoms with Gasteiger partial charge >= 0.3 is 0 Å². The van der Waals surface area contributed by atoms with E-state index in [4.69, 9.17) is 10.5 Å². The maximum atomic E-state index is 5.49. The van der Waals surface area contributed by atoms with Crippen molar-refractivity contribution in [3.8, 4) is 5.75 Å². The Bertz CT molecular complexity index is 495. The molecule has 1 aromatic heterocycles. The summed E-state index contributed by atoms with van der Waals surface area (Å²) in [5, 5.41) is 0.994. The predicted molar refractivity (Wildman–Crippen MR) is 67.0 cm³/mol. The summed E-state index contributed by atoms with van der Waals surface area (Å²) >= 11 is 1.67. The Morgan fingerprint density at radius 2 is 2.31 bits per heavy atom. The molecule has 0 unspecified atom stereocenters. The Kier molecular flexibility index (Phi) is 3.36. The second kappa shape index (κ2) is 4.76. The van der Waals surface area contributed by atoms with Crippen molar-refractivity contribution in [2.24, 2.45) is 12.8 Å². The quantitative estimate of drug-likeness (QED) is 0.821. The number of fused-ring (bicyclic) bond motifs is 1. The Hall–Kier alpha value is -1.20. The van der Waals surface area contributed by atoms with Gasteiger partial charge in [0.05, 0.1) is 18.1 Å². The van der Waals surface area contributed by atoms with Gasteiger partial charge in [-0.25, -0.2) is 4.98 Å². The number of aryl methyl sites for hydroxylation is 1. The van der Waals surface area contributed by atoms with Crippen LogP contribution in [0.25, 0.3) is 11.0 Å². The highest BCUT2D eigenvalue weighted by atomic mass is 32.2. The molecule has 0 saturated heterocycles. The zero-order chi connectivity index (χ0) is 11.5. The summed E-state index contributed by atoms with van der Waals surface area (Å²) in [6, 6.07) is 5.91. The molecule has 86 valence electrons. The number of rotatable bonds is 4. The molecule has 0 saturated carbocycles. The average Bonchev–Trinajstić information content (AvgIpc) is 2.63. The molecule has 1 heterocycles. The van der Waals surface area contributed by atoms with Crippen molar-refractivity contribution in [1.82, 2.24) is 9.55 Å². The fraction of sp³-hybridized carbons (Fsp3) is 0.364.